The third-order valence-electron chi connectivity index (χ3n) is 6.62. The smallest absolute Gasteiger partial charge is 0.323 e. The molecule has 1 saturated carbocycles. The van der Waals surface area contributed by atoms with E-state index in [0.717, 1.165) is 29.9 Å². The Hall–Kier alpha value is -3.70. The van der Waals surface area contributed by atoms with Gasteiger partial charge < -0.3 is 30.3 Å². The predicted molar refractivity (Wildman–Crippen MR) is 128 cm³/mol. The number of nitriles is 1. The number of rotatable bonds is 4. The van der Waals surface area contributed by atoms with E-state index >= 15 is 8.78 Å². The average molecular weight is 530 g/mol. The lowest BCUT2D eigenvalue weighted by molar-refractivity contribution is -0.183. The molecule has 37 heavy (non-hydrogen) atoms. The Labute approximate surface area is 211 Å². The minimum Gasteiger partial charge on any atom is -0.408 e. The zero-order valence-corrected chi connectivity index (χ0v) is 19.7. The molecule has 9 nitrogen and oxygen atoms in total. The molecule has 2 aromatic heterocycles. The lowest BCUT2D eigenvalue weighted by Gasteiger charge is -2.24. The van der Waals surface area contributed by atoms with Gasteiger partial charge in [0.2, 0.25) is 0 Å². The van der Waals surface area contributed by atoms with Crippen LogP contribution in [0.4, 0.5) is 24.0 Å². The van der Waals surface area contributed by atoms with Crippen LogP contribution in [0.3, 0.4) is 0 Å². The van der Waals surface area contributed by atoms with Crippen LogP contribution in [0.5, 0.6) is 6.01 Å². The predicted octanol–water partition coefficient (Wildman–Crippen LogP) is 3.25. The third kappa shape index (κ3) is 3.80. The first-order valence-electron chi connectivity index (χ1n) is 11.3. The molecule has 4 aromatic rings. The summed E-state index contributed by atoms with van der Waals surface area (Å²) in [6.07, 6.45) is 0.803. The van der Waals surface area contributed by atoms with E-state index < -0.39 is 35.5 Å². The molecule has 0 radical (unpaired) electrons. The van der Waals surface area contributed by atoms with Crippen LogP contribution in [0.1, 0.15) is 12.0 Å². The van der Waals surface area contributed by atoms with Crippen molar-refractivity contribution in [2.45, 2.75) is 18.9 Å². The van der Waals surface area contributed by atoms with Crippen molar-refractivity contribution < 1.29 is 32.9 Å². The molecule has 0 bridgehead atoms. The lowest BCUT2D eigenvalue weighted by Crippen LogP contribution is -2.30. The van der Waals surface area contributed by atoms with Gasteiger partial charge in [0.05, 0.1) is 29.0 Å². The number of fused-ring (bicyclic) bond motifs is 3. The van der Waals surface area contributed by atoms with Crippen LogP contribution in [-0.4, -0.2) is 52.5 Å². The molecule has 1 aliphatic carbocycles. The topological polar surface area (TPSA) is 138 Å². The van der Waals surface area contributed by atoms with E-state index in [1.165, 1.54) is 6.07 Å². The molecule has 2 unspecified atom stereocenters. The molecule has 0 amide bonds. The van der Waals surface area contributed by atoms with Crippen LogP contribution < -0.4 is 15.4 Å². The Morgan fingerprint density at radius 3 is 2.81 bits per heavy atom. The standard InChI is InChI=1S/C24H18F3N5O4S/c25-13-2-1-10(16-12(7-28)21(29)37-20(13)16)17-14(26)6-11-19(18(17)27)30-23(36-24(33)34)31-22(11)32-3-4-35-8-9-5-15(9)32/h1-2,6,9,15,24,33-34H,3-5,8,29H2. The van der Waals surface area contributed by atoms with Crippen LogP contribution in [0, 0.1) is 34.7 Å². The quantitative estimate of drug-likeness (QED) is 0.340. The number of aliphatic hydroxyl groups excluding tert-OH is 1. The van der Waals surface area contributed by atoms with Crippen molar-refractivity contribution in [2.75, 3.05) is 30.4 Å². The van der Waals surface area contributed by atoms with E-state index in [1.54, 1.807) is 0 Å². The minimum absolute atomic E-state index is 0.00871. The first-order valence-corrected chi connectivity index (χ1v) is 12.1. The number of hydrogen-bond donors (Lipinski definition) is 3. The van der Waals surface area contributed by atoms with Gasteiger partial charge in [0.15, 0.2) is 5.82 Å². The van der Waals surface area contributed by atoms with Gasteiger partial charge in [-0.05, 0) is 24.1 Å². The highest BCUT2D eigenvalue weighted by Gasteiger charge is 2.45. The lowest BCUT2D eigenvalue weighted by atomic mass is 9.96. The number of aliphatic hydroxyl groups is 2. The maximum atomic E-state index is 16.2. The number of anilines is 2. The van der Waals surface area contributed by atoms with Crippen molar-refractivity contribution in [3.63, 3.8) is 0 Å². The van der Waals surface area contributed by atoms with E-state index in [-0.39, 0.29) is 54.9 Å². The number of ether oxygens (including phenoxy) is 2. The van der Waals surface area contributed by atoms with Gasteiger partial charge in [-0.1, -0.05) is 6.07 Å². The number of nitrogens with two attached hydrogens (primary N) is 1. The summed E-state index contributed by atoms with van der Waals surface area (Å²) >= 11 is 0.807. The summed E-state index contributed by atoms with van der Waals surface area (Å²) in [4.78, 5) is 10.1. The van der Waals surface area contributed by atoms with Crippen molar-refractivity contribution in [2.24, 2.45) is 5.92 Å². The molecule has 1 aliphatic heterocycles. The van der Waals surface area contributed by atoms with Gasteiger partial charge in [-0.3, -0.25) is 0 Å². The maximum Gasteiger partial charge on any atom is 0.323 e. The molecule has 6 rings (SSSR count). The van der Waals surface area contributed by atoms with Crippen molar-refractivity contribution in [3.8, 4) is 23.2 Å². The van der Waals surface area contributed by atoms with Crippen molar-refractivity contribution >= 4 is 43.1 Å². The minimum atomic E-state index is -2.28. The fourth-order valence-electron chi connectivity index (χ4n) is 4.90. The largest absolute Gasteiger partial charge is 0.408 e. The summed E-state index contributed by atoms with van der Waals surface area (Å²) in [5.74, 6) is -2.39. The van der Waals surface area contributed by atoms with E-state index in [0.29, 0.717) is 19.8 Å². The van der Waals surface area contributed by atoms with Gasteiger partial charge in [-0.25, -0.2) is 13.2 Å². The second-order valence-corrected chi connectivity index (χ2v) is 9.85. The van der Waals surface area contributed by atoms with Gasteiger partial charge in [-0.2, -0.15) is 15.2 Å². The fraction of sp³-hybridized carbons (Fsp3) is 0.292. The molecular weight excluding hydrogens is 511 g/mol. The van der Waals surface area contributed by atoms with Gasteiger partial charge in [-0.15, -0.1) is 11.3 Å². The number of nitrogens with zero attached hydrogens (tertiary/aromatic N) is 4. The second-order valence-electron chi connectivity index (χ2n) is 8.80. The van der Waals surface area contributed by atoms with Crippen LogP contribution in [0.25, 0.3) is 32.1 Å². The van der Waals surface area contributed by atoms with Crippen LogP contribution >= 0.6 is 11.3 Å². The zero-order valence-electron chi connectivity index (χ0n) is 18.9. The van der Waals surface area contributed by atoms with Crippen molar-refractivity contribution in [1.82, 2.24) is 9.97 Å². The molecule has 190 valence electrons. The molecule has 2 atom stereocenters. The molecule has 13 heteroatoms. The molecule has 2 fully saturated rings. The number of hydrogen-bond acceptors (Lipinski definition) is 10. The van der Waals surface area contributed by atoms with Crippen LogP contribution in [-0.2, 0) is 4.74 Å². The Kier molecular flexibility index (Phi) is 5.57. The molecular formula is C24H18F3N5O4S. The number of halogens is 3. The van der Waals surface area contributed by atoms with Crippen molar-refractivity contribution in [3.05, 3.63) is 41.2 Å². The van der Waals surface area contributed by atoms with Gasteiger partial charge in [0.25, 0.3) is 0 Å². The highest BCUT2D eigenvalue weighted by atomic mass is 32.1. The van der Waals surface area contributed by atoms with Crippen LogP contribution in [0.15, 0.2) is 18.2 Å². The van der Waals surface area contributed by atoms with Crippen molar-refractivity contribution in [1.29, 1.82) is 5.26 Å². The zero-order chi connectivity index (χ0) is 26.0. The van der Waals surface area contributed by atoms with Crippen LogP contribution in [0.2, 0.25) is 0 Å². The number of thiophene rings is 1. The van der Waals surface area contributed by atoms with Gasteiger partial charge in [0.1, 0.15) is 34.0 Å². The summed E-state index contributed by atoms with van der Waals surface area (Å²) in [6.45, 7) is -0.971. The molecule has 2 aliphatic rings. The van der Waals surface area contributed by atoms with Gasteiger partial charge in [0, 0.05) is 29.3 Å². The number of benzene rings is 2. The molecule has 2 aromatic carbocycles. The van der Waals surface area contributed by atoms with E-state index in [2.05, 4.69) is 9.97 Å². The molecule has 3 heterocycles. The Bertz CT molecular complexity index is 1620. The number of aromatic nitrogens is 2. The summed E-state index contributed by atoms with van der Waals surface area (Å²) in [7, 11) is 0. The Balaban J connectivity index is 1.63. The third-order valence-corrected chi connectivity index (χ3v) is 7.65. The first-order chi connectivity index (χ1) is 17.8. The maximum absolute atomic E-state index is 16.2. The molecule has 1 saturated heterocycles. The Morgan fingerprint density at radius 1 is 1.24 bits per heavy atom. The highest BCUT2D eigenvalue weighted by molar-refractivity contribution is 7.23. The average Bonchev–Trinajstić information content (AvgIpc) is 3.56. The monoisotopic (exact) mass is 529 g/mol. The summed E-state index contributed by atoms with van der Waals surface area (Å²) in [5, 5.41) is 28.3. The highest BCUT2D eigenvalue weighted by Crippen LogP contribution is 2.46. The van der Waals surface area contributed by atoms with E-state index in [9.17, 15) is 19.9 Å². The Morgan fingerprint density at radius 2 is 2.05 bits per heavy atom. The molecule has 0 spiro atoms. The van der Waals surface area contributed by atoms with E-state index in [1.807, 2.05) is 11.0 Å². The summed E-state index contributed by atoms with van der Waals surface area (Å²) in [5.41, 5.74) is 4.83. The first kappa shape index (κ1) is 23.7. The second kappa shape index (κ2) is 8.70. The van der Waals surface area contributed by atoms with E-state index in [4.69, 9.17) is 15.2 Å². The number of nitrogen functional groups attached to an aromatic ring is 1. The summed E-state index contributed by atoms with van der Waals surface area (Å²) in [6, 6.07) is 4.68. The van der Waals surface area contributed by atoms with Gasteiger partial charge >= 0.3 is 12.5 Å². The fourth-order valence-corrected chi connectivity index (χ4v) is 5.85. The SMILES string of the molecule is N#Cc1c(N)sc2c(F)ccc(-c3c(F)cc4c(N5CCOCC6CC65)nc(OC(O)O)nc4c3F)c12. The molecule has 4 N–H and O–H groups in total. The normalized spacial score (nSPS) is 19.2. The summed E-state index contributed by atoms with van der Waals surface area (Å²) < 4.78 is 56.9.